The molecular weight excluding hydrogens is 444 g/mol. The van der Waals surface area contributed by atoms with Gasteiger partial charge in [0, 0.05) is 26.4 Å². The highest BCUT2D eigenvalue weighted by Gasteiger charge is 2.20. The summed E-state index contributed by atoms with van der Waals surface area (Å²) in [6, 6.07) is 7.60. The lowest BCUT2D eigenvalue weighted by atomic mass is 10.1. The van der Waals surface area contributed by atoms with Crippen LogP contribution in [0.1, 0.15) is 16.7 Å². The smallest absolute Gasteiger partial charge is 0.335 e. The fraction of sp³-hybridized carbons (Fsp3) is 0.182. The zero-order chi connectivity index (χ0) is 24.9. The van der Waals surface area contributed by atoms with Crippen molar-refractivity contribution >= 4 is 28.6 Å². The Morgan fingerprint density at radius 1 is 1.03 bits per heavy atom. The van der Waals surface area contributed by atoms with E-state index in [4.69, 9.17) is 0 Å². The maximum Gasteiger partial charge on any atom is 0.335 e. The summed E-state index contributed by atoms with van der Waals surface area (Å²) in [5.41, 5.74) is -0.160. The van der Waals surface area contributed by atoms with Gasteiger partial charge in [0.25, 0.3) is 11.2 Å². The predicted molar refractivity (Wildman–Crippen MR) is 126 cm³/mol. The van der Waals surface area contributed by atoms with Gasteiger partial charge in [0.15, 0.2) is 0 Å². The molecule has 0 aliphatic heterocycles. The Morgan fingerprint density at radius 2 is 1.68 bits per heavy atom. The number of fused-ring (bicyclic) bond motifs is 1. The van der Waals surface area contributed by atoms with Crippen molar-refractivity contribution in [1.29, 1.82) is 0 Å². The van der Waals surface area contributed by atoms with E-state index in [1.165, 1.54) is 35.4 Å². The molecule has 12 heteroatoms. The largest absolute Gasteiger partial charge is 0.493 e. The minimum atomic E-state index is -0.915. The second-order valence-electron chi connectivity index (χ2n) is 7.85. The lowest BCUT2D eigenvalue weighted by Crippen LogP contribution is -2.31. The molecule has 12 nitrogen and oxygen atoms in total. The van der Waals surface area contributed by atoms with Crippen LogP contribution in [0.2, 0.25) is 0 Å². The van der Waals surface area contributed by atoms with Crippen molar-refractivity contribution in [2.75, 3.05) is 0 Å². The third-order valence-electron chi connectivity index (χ3n) is 5.77. The quantitative estimate of drug-likeness (QED) is 0.266. The third kappa shape index (κ3) is 3.50. The van der Waals surface area contributed by atoms with Crippen LogP contribution in [-0.4, -0.2) is 34.9 Å². The number of rotatable bonds is 4. The van der Waals surface area contributed by atoms with E-state index in [1.54, 1.807) is 18.2 Å². The summed E-state index contributed by atoms with van der Waals surface area (Å²) in [5, 5.41) is 22.4. The minimum absolute atomic E-state index is 0.138. The highest BCUT2D eigenvalue weighted by atomic mass is 16.6. The molecule has 2 aromatic heterocycles. The molecule has 2 heterocycles. The maximum atomic E-state index is 12.4. The Kier molecular flexibility index (Phi) is 5.28. The van der Waals surface area contributed by atoms with Gasteiger partial charge in [-0.1, -0.05) is 6.07 Å². The predicted octanol–water partition coefficient (Wildman–Crippen LogP) is 1.70. The number of nitrogens with one attached hydrogen (secondary N) is 1. The molecule has 0 spiro atoms. The third-order valence-corrected chi connectivity index (χ3v) is 5.77. The maximum absolute atomic E-state index is 12.4. The summed E-state index contributed by atoms with van der Waals surface area (Å²) in [6.07, 6.45) is 0.945. The first kappa shape index (κ1) is 22.5. The number of aryl methyl sites for hydroxylation is 4. The van der Waals surface area contributed by atoms with Gasteiger partial charge >= 0.3 is 11.4 Å². The molecular formula is C22H20N6O6. The lowest BCUT2D eigenvalue weighted by molar-refractivity contribution is -0.383. The molecule has 4 aromatic rings. The van der Waals surface area contributed by atoms with Gasteiger partial charge in [0.05, 0.1) is 21.6 Å². The van der Waals surface area contributed by atoms with Gasteiger partial charge < -0.3 is 5.11 Å². The molecule has 0 radical (unpaired) electrons. The van der Waals surface area contributed by atoms with Crippen LogP contribution in [0, 0.1) is 24.0 Å². The molecule has 34 heavy (non-hydrogen) atoms. The Balaban J connectivity index is 1.92. The SMILES string of the molecule is Cc1ccc(-n2c(O)c(C=Nc3cc4c(cc3[N+](=O)[O-])n(C)c(=O)n4C)c(=O)[nH]c2=O)cc1C. The number of aromatic hydroxyl groups is 1. The van der Waals surface area contributed by atoms with Crippen molar-refractivity contribution in [3.8, 4) is 11.6 Å². The first-order valence-corrected chi connectivity index (χ1v) is 10.0. The van der Waals surface area contributed by atoms with Crippen LogP contribution in [-0.2, 0) is 14.1 Å². The van der Waals surface area contributed by atoms with Gasteiger partial charge in [0.2, 0.25) is 5.88 Å². The van der Waals surface area contributed by atoms with Gasteiger partial charge in [-0.2, -0.15) is 0 Å². The molecule has 0 saturated heterocycles. The second-order valence-corrected chi connectivity index (χ2v) is 7.85. The van der Waals surface area contributed by atoms with Crippen LogP contribution < -0.4 is 16.9 Å². The molecule has 0 fully saturated rings. The van der Waals surface area contributed by atoms with Gasteiger partial charge in [-0.25, -0.2) is 19.1 Å². The van der Waals surface area contributed by atoms with E-state index in [1.807, 2.05) is 13.8 Å². The molecule has 0 aliphatic carbocycles. The molecule has 174 valence electrons. The van der Waals surface area contributed by atoms with Crippen molar-refractivity contribution in [2.24, 2.45) is 19.1 Å². The number of nitro groups is 1. The van der Waals surface area contributed by atoms with Crippen molar-refractivity contribution in [3.63, 3.8) is 0 Å². The number of aromatic amines is 1. The first-order chi connectivity index (χ1) is 16.0. The number of imidazole rings is 1. The van der Waals surface area contributed by atoms with E-state index in [0.29, 0.717) is 16.7 Å². The average Bonchev–Trinajstić information content (AvgIpc) is 2.98. The van der Waals surface area contributed by atoms with Gasteiger partial charge in [-0.15, -0.1) is 0 Å². The van der Waals surface area contributed by atoms with Crippen molar-refractivity contribution in [3.05, 3.63) is 88.5 Å². The number of nitrogens with zero attached hydrogens (tertiary/aromatic N) is 5. The molecule has 0 amide bonds. The second kappa shape index (κ2) is 7.99. The number of hydrogen-bond acceptors (Lipinski definition) is 7. The number of benzene rings is 2. The molecule has 0 atom stereocenters. The number of aromatic nitrogens is 4. The Labute approximate surface area is 190 Å². The van der Waals surface area contributed by atoms with E-state index in [-0.39, 0.29) is 16.9 Å². The fourth-order valence-electron chi connectivity index (χ4n) is 3.67. The zero-order valence-corrected chi connectivity index (χ0v) is 18.7. The standard InChI is InChI=1S/C22H20N6O6/c1-11-5-6-13(7-12(11)2)27-20(30)14(19(29)24-21(27)31)10-23-15-8-17-18(9-16(15)28(33)34)26(4)22(32)25(17)3/h5-10,30H,1-4H3,(H,24,29,31). The van der Waals surface area contributed by atoms with E-state index >= 15 is 0 Å². The summed E-state index contributed by atoms with van der Waals surface area (Å²) >= 11 is 0. The lowest BCUT2D eigenvalue weighted by Gasteiger charge is -2.11. The highest BCUT2D eigenvalue weighted by Crippen LogP contribution is 2.32. The van der Waals surface area contributed by atoms with Crippen molar-refractivity contribution in [2.45, 2.75) is 13.8 Å². The van der Waals surface area contributed by atoms with Crippen LogP contribution in [0.25, 0.3) is 16.7 Å². The Bertz CT molecular complexity index is 1700. The summed E-state index contributed by atoms with van der Waals surface area (Å²) < 4.78 is 3.49. The molecule has 2 aromatic carbocycles. The zero-order valence-electron chi connectivity index (χ0n) is 18.7. The molecule has 0 unspecified atom stereocenters. The van der Waals surface area contributed by atoms with E-state index in [2.05, 4.69) is 9.98 Å². The number of aliphatic imine (C=N–C) groups is 1. The van der Waals surface area contributed by atoms with Gasteiger partial charge in [0.1, 0.15) is 11.3 Å². The van der Waals surface area contributed by atoms with Crippen LogP contribution in [0.4, 0.5) is 11.4 Å². The molecule has 0 bridgehead atoms. The molecule has 4 rings (SSSR count). The van der Waals surface area contributed by atoms with Crippen molar-refractivity contribution < 1.29 is 10.0 Å². The summed E-state index contributed by atoms with van der Waals surface area (Å²) in [6.45, 7) is 3.72. The number of hydrogen-bond donors (Lipinski definition) is 2. The molecule has 0 aliphatic rings. The van der Waals surface area contributed by atoms with Crippen molar-refractivity contribution in [1.82, 2.24) is 18.7 Å². The topological polar surface area (TPSA) is 158 Å². The average molecular weight is 464 g/mol. The first-order valence-electron chi connectivity index (χ1n) is 10.0. The van der Waals surface area contributed by atoms with Crippen LogP contribution in [0.15, 0.2) is 49.7 Å². The Morgan fingerprint density at radius 3 is 2.29 bits per heavy atom. The highest BCUT2D eigenvalue weighted by molar-refractivity contribution is 5.89. The summed E-state index contributed by atoms with van der Waals surface area (Å²) in [7, 11) is 3.00. The molecule has 2 N–H and O–H groups in total. The number of nitro benzene ring substituents is 1. The van der Waals surface area contributed by atoms with Gasteiger partial charge in [-0.3, -0.25) is 29.0 Å². The van der Waals surface area contributed by atoms with E-state index in [0.717, 1.165) is 21.9 Å². The normalized spacial score (nSPS) is 11.5. The number of H-pyrrole nitrogens is 1. The fourth-order valence-corrected chi connectivity index (χ4v) is 3.67. The minimum Gasteiger partial charge on any atom is -0.493 e. The van der Waals surface area contributed by atoms with E-state index in [9.17, 15) is 29.6 Å². The van der Waals surface area contributed by atoms with Crippen LogP contribution >= 0.6 is 0 Å². The summed E-state index contributed by atoms with van der Waals surface area (Å²) in [5.74, 6) is -0.670. The Hall–Kier alpha value is -4.74. The van der Waals surface area contributed by atoms with E-state index < -0.39 is 27.7 Å². The summed E-state index contributed by atoms with van der Waals surface area (Å²) in [4.78, 5) is 54.2. The molecule has 0 saturated carbocycles. The van der Waals surface area contributed by atoms with Crippen LogP contribution in [0.5, 0.6) is 5.88 Å². The van der Waals surface area contributed by atoms with Crippen LogP contribution in [0.3, 0.4) is 0 Å². The van der Waals surface area contributed by atoms with Gasteiger partial charge in [-0.05, 0) is 43.2 Å². The monoisotopic (exact) mass is 464 g/mol.